The molecule has 2 aliphatic heterocycles. The van der Waals surface area contributed by atoms with Crippen LogP contribution in [0.15, 0.2) is 45.9 Å². The number of halogens is 1. The van der Waals surface area contributed by atoms with E-state index < -0.39 is 10.0 Å². The quantitative estimate of drug-likeness (QED) is 0.738. The number of hydrogen-bond donors (Lipinski definition) is 0. The van der Waals surface area contributed by atoms with E-state index in [4.69, 9.17) is 0 Å². The Labute approximate surface area is 163 Å². The molecular weight excluding hydrogens is 414 g/mol. The second kappa shape index (κ2) is 7.29. The average Bonchev–Trinajstić information content (AvgIpc) is 2.69. The molecule has 138 valence electrons. The van der Waals surface area contributed by atoms with Crippen LogP contribution in [0.5, 0.6) is 0 Å². The van der Waals surface area contributed by atoms with E-state index in [2.05, 4.69) is 31.9 Å². The van der Waals surface area contributed by atoms with E-state index in [-0.39, 0.29) is 0 Å². The van der Waals surface area contributed by atoms with E-state index in [9.17, 15) is 8.42 Å². The van der Waals surface area contributed by atoms with Gasteiger partial charge in [0.05, 0.1) is 0 Å². The molecule has 5 nitrogen and oxygen atoms in total. The predicted octanol–water partition coefficient (Wildman–Crippen LogP) is 3.58. The third-order valence-electron chi connectivity index (χ3n) is 5.20. The van der Waals surface area contributed by atoms with Crippen molar-refractivity contribution >= 4 is 31.8 Å². The van der Waals surface area contributed by atoms with Gasteiger partial charge in [0, 0.05) is 36.8 Å². The summed E-state index contributed by atoms with van der Waals surface area (Å²) in [6.07, 6.45) is 5.52. The number of rotatable bonds is 3. The molecule has 0 aliphatic carbocycles. The van der Waals surface area contributed by atoms with Gasteiger partial charge < -0.3 is 4.90 Å². The molecule has 26 heavy (non-hydrogen) atoms. The van der Waals surface area contributed by atoms with E-state index in [1.807, 2.05) is 12.1 Å². The zero-order valence-electron chi connectivity index (χ0n) is 14.6. The van der Waals surface area contributed by atoms with Crippen molar-refractivity contribution in [3.8, 4) is 0 Å². The molecule has 0 radical (unpaired) electrons. The zero-order chi connectivity index (χ0) is 18.1. The van der Waals surface area contributed by atoms with Crippen LogP contribution in [0.2, 0.25) is 0 Å². The van der Waals surface area contributed by atoms with Gasteiger partial charge >= 0.3 is 0 Å². The van der Waals surface area contributed by atoms with Gasteiger partial charge in [-0.1, -0.05) is 34.5 Å². The van der Waals surface area contributed by atoms with Crippen molar-refractivity contribution in [1.82, 2.24) is 9.29 Å². The summed E-state index contributed by atoms with van der Waals surface area (Å²) in [5.41, 5.74) is 2.53. The van der Waals surface area contributed by atoms with Gasteiger partial charge in [0.25, 0.3) is 0 Å². The minimum absolute atomic E-state index is 0.331. The topological polar surface area (TPSA) is 53.5 Å². The fourth-order valence-corrected chi connectivity index (χ4v) is 6.00. The lowest BCUT2D eigenvalue weighted by molar-refractivity contribution is 0.346. The second-order valence-corrected chi connectivity index (χ2v) is 9.60. The van der Waals surface area contributed by atoms with Gasteiger partial charge in [0.2, 0.25) is 10.0 Å². The van der Waals surface area contributed by atoms with Crippen molar-refractivity contribution in [3.63, 3.8) is 0 Å². The maximum atomic E-state index is 13.2. The maximum absolute atomic E-state index is 13.2. The van der Waals surface area contributed by atoms with Crippen LogP contribution in [0, 0.1) is 0 Å². The summed E-state index contributed by atoms with van der Waals surface area (Å²) in [7, 11) is -3.51. The third kappa shape index (κ3) is 3.28. The number of nitrogens with zero attached hydrogens (tertiary/aromatic N) is 3. The van der Waals surface area contributed by atoms with Gasteiger partial charge in [0.1, 0.15) is 10.7 Å². The minimum atomic E-state index is -3.51. The Morgan fingerprint density at radius 3 is 2.62 bits per heavy atom. The van der Waals surface area contributed by atoms with Crippen LogP contribution in [0.4, 0.5) is 5.82 Å². The van der Waals surface area contributed by atoms with Crippen molar-refractivity contribution in [2.75, 3.05) is 24.5 Å². The first-order valence-corrected chi connectivity index (χ1v) is 11.3. The number of sulfonamides is 1. The van der Waals surface area contributed by atoms with Gasteiger partial charge in [-0.05, 0) is 48.6 Å². The summed E-state index contributed by atoms with van der Waals surface area (Å²) >= 11 is 3.63. The highest BCUT2D eigenvalue weighted by Gasteiger charge is 2.31. The molecule has 0 bridgehead atoms. The molecule has 0 saturated carbocycles. The van der Waals surface area contributed by atoms with Crippen molar-refractivity contribution in [2.24, 2.45) is 0 Å². The lowest BCUT2D eigenvalue weighted by Crippen LogP contribution is -2.38. The van der Waals surface area contributed by atoms with E-state index in [0.717, 1.165) is 36.7 Å². The Balaban J connectivity index is 1.70. The molecular formula is C19H22BrN3O2S. The van der Waals surface area contributed by atoms with E-state index in [1.54, 1.807) is 22.6 Å². The van der Waals surface area contributed by atoms with Gasteiger partial charge in [0.15, 0.2) is 0 Å². The molecule has 1 aromatic heterocycles. The van der Waals surface area contributed by atoms with E-state index in [0.29, 0.717) is 30.3 Å². The first kappa shape index (κ1) is 17.9. The summed E-state index contributed by atoms with van der Waals surface area (Å²) in [6, 6.07) is 9.63. The molecule has 4 rings (SSSR count). The summed E-state index contributed by atoms with van der Waals surface area (Å²) < 4.78 is 29.1. The van der Waals surface area contributed by atoms with Crippen LogP contribution in [0.1, 0.15) is 30.4 Å². The number of pyridine rings is 1. The van der Waals surface area contributed by atoms with Crippen molar-refractivity contribution < 1.29 is 8.42 Å². The smallest absolute Gasteiger partial charge is 0.246 e. The highest BCUT2D eigenvalue weighted by atomic mass is 79.9. The Kier molecular flexibility index (Phi) is 5.03. The molecule has 1 fully saturated rings. The Morgan fingerprint density at radius 1 is 1.00 bits per heavy atom. The first-order chi connectivity index (χ1) is 12.6. The number of anilines is 1. The molecule has 0 amide bonds. The van der Waals surface area contributed by atoms with Crippen LogP contribution in [0.3, 0.4) is 0 Å². The fraction of sp³-hybridized carbons (Fsp3) is 0.421. The summed E-state index contributed by atoms with van der Waals surface area (Å²) in [5.74, 6) is 0.569. The molecule has 2 aliphatic rings. The normalized spacial score (nSPS) is 18.6. The molecule has 0 spiro atoms. The molecule has 7 heteroatoms. The van der Waals surface area contributed by atoms with Crippen molar-refractivity contribution in [2.45, 2.75) is 37.1 Å². The highest BCUT2D eigenvalue weighted by Crippen LogP contribution is 2.33. The van der Waals surface area contributed by atoms with Crippen LogP contribution in [0.25, 0.3) is 0 Å². The van der Waals surface area contributed by atoms with E-state index >= 15 is 0 Å². The Bertz CT molecular complexity index is 911. The van der Waals surface area contributed by atoms with Gasteiger partial charge in [-0.3, -0.25) is 0 Å². The van der Waals surface area contributed by atoms with Gasteiger partial charge in [-0.15, -0.1) is 0 Å². The summed E-state index contributed by atoms with van der Waals surface area (Å²) in [4.78, 5) is 6.89. The molecule has 2 aromatic rings. The minimum Gasteiger partial charge on any atom is -0.351 e. The number of fused-ring (bicyclic) bond motifs is 1. The standard InChI is InChI=1S/C19H22BrN3O2S/c20-17-7-4-6-15-9-13-22(14-16(15)17)19-18(8-5-10-21-19)26(24,25)23-11-2-1-3-12-23/h4-8,10H,1-3,9,11-14H2. The van der Waals surface area contributed by atoms with E-state index in [1.165, 1.54) is 11.1 Å². The van der Waals surface area contributed by atoms with Crippen LogP contribution >= 0.6 is 15.9 Å². The molecule has 1 saturated heterocycles. The number of piperidine rings is 1. The molecule has 0 atom stereocenters. The van der Waals surface area contributed by atoms with Crippen LogP contribution in [-0.4, -0.2) is 37.3 Å². The van der Waals surface area contributed by atoms with Crippen LogP contribution in [-0.2, 0) is 23.0 Å². The molecule has 0 unspecified atom stereocenters. The predicted molar refractivity (Wildman–Crippen MR) is 106 cm³/mol. The lowest BCUT2D eigenvalue weighted by atomic mass is 10.00. The fourth-order valence-electron chi connectivity index (χ4n) is 3.79. The summed E-state index contributed by atoms with van der Waals surface area (Å²) in [5, 5.41) is 0. The van der Waals surface area contributed by atoms with Gasteiger partial charge in [-0.25, -0.2) is 13.4 Å². The number of aromatic nitrogens is 1. The van der Waals surface area contributed by atoms with Crippen LogP contribution < -0.4 is 4.90 Å². The zero-order valence-corrected chi connectivity index (χ0v) is 17.0. The average molecular weight is 436 g/mol. The molecule has 0 N–H and O–H groups in total. The SMILES string of the molecule is O=S(=O)(c1cccnc1N1CCc2cccc(Br)c2C1)N1CCCCC1. The Hall–Kier alpha value is -1.44. The highest BCUT2D eigenvalue weighted by molar-refractivity contribution is 9.10. The maximum Gasteiger partial charge on any atom is 0.246 e. The van der Waals surface area contributed by atoms with Crippen molar-refractivity contribution in [1.29, 1.82) is 0 Å². The van der Waals surface area contributed by atoms with Gasteiger partial charge in [-0.2, -0.15) is 4.31 Å². The summed E-state index contributed by atoms with van der Waals surface area (Å²) in [6.45, 7) is 2.63. The Morgan fingerprint density at radius 2 is 1.81 bits per heavy atom. The second-order valence-electron chi connectivity index (χ2n) is 6.84. The third-order valence-corrected chi connectivity index (χ3v) is 7.86. The number of hydrogen-bond acceptors (Lipinski definition) is 4. The first-order valence-electron chi connectivity index (χ1n) is 9.04. The molecule has 1 aromatic carbocycles. The largest absolute Gasteiger partial charge is 0.351 e. The lowest BCUT2D eigenvalue weighted by Gasteiger charge is -2.33. The molecule has 3 heterocycles. The number of benzene rings is 1. The van der Waals surface area contributed by atoms with Crippen molar-refractivity contribution in [3.05, 3.63) is 52.1 Å². The monoisotopic (exact) mass is 435 g/mol.